The molecule has 0 saturated heterocycles. The number of aromatic nitrogens is 2. The van der Waals surface area contributed by atoms with Crippen LogP contribution in [0.25, 0.3) is 0 Å². The van der Waals surface area contributed by atoms with Crippen molar-refractivity contribution in [1.29, 1.82) is 0 Å². The van der Waals surface area contributed by atoms with Gasteiger partial charge in [-0.15, -0.1) is 11.3 Å². The van der Waals surface area contributed by atoms with Crippen LogP contribution in [0.2, 0.25) is 0 Å². The highest BCUT2D eigenvalue weighted by Gasteiger charge is 2.15. The predicted octanol–water partition coefficient (Wildman–Crippen LogP) is 2.55. The number of hydrogen-bond acceptors (Lipinski definition) is 4. The Bertz CT molecular complexity index is 439. The van der Waals surface area contributed by atoms with E-state index in [1.165, 1.54) is 10.4 Å². The molecule has 3 nitrogen and oxygen atoms in total. The maximum Gasteiger partial charge on any atom is 0.0801 e. The van der Waals surface area contributed by atoms with Crippen LogP contribution in [-0.4, -0.2) is 16.5 Å². The van der Waals surface area contributed by atoms with Crippen molar-refractivity contribution < 1.29 is 0 Å². The lowest BCUT2D eigenvalue weighted by molar-refractivity contribution is 0.614. The molecule has 1 N–H and O–H groups in total. The molecular formula is C12H15N3S. The second-order valence-corrected chi connectivity index (χ2v) is 4.73. The minimum atomic E-state index is 0.156. The van der Waals surface area contributed by atoms with E-state index in [-0.39, 0.29) is 6.04 Å². The molecule has 0 aliphatic rings. The van der Waals surface area contributed by atoms with Crippen LogP contribution in [0.15, 0.2) is 30.0 Å². The zero-order valence-corrected chi connectivity index (χ0v) is 10.3. The minimum absolute atomic E-state index is 0.156. The lowest BCUT2D eigenvalue weighted by Crippen LogP contribution is -2.22. The lowest BCUT2D eigenvalue weighted by Gasteiger charge is -2.15. The van der Waals surface area contributed by atoms with Crippen molar-refractivity contribution in [3.63, 3.8) is 0 Å². The van der Waals surface area contributed by atoms with E-state index in [0.717, 1.165) is 12.2 Å². The summed E-state index contributed by atoms with van der Waals surface area (Å²) < 4.78 is 0. The Morgan fingerprint density at radius 3 is 2.88 bits per heavy atom. The summed E-state index contributed by atoms with van der Waals surface area (Å²) in [6, 6.07) is 2.36. The molecular weight excluding hydrogens is 218 g/mol. The molecule has 0 amide bonds. The third-order valence-electron chi connectivity index (χ3n) is 2.37. The summed E-state index contributed by atoms with van der Waals surface area (Å²) in [5, 5.41) is 5.61. The minimum Gasteiger partial charge on any atom is -0.305 e. The number of nitrogens with zero attached hydrogens (tertiary/aromatic N) is 2. The van der Waals surface area contributed by atoms with Crippen LogP contribution >= 0.6 is 11.3 Å². The number of hydrogen-bond donors (Lipinski definition) is 1. The molecule has 2 aromatic rings. The van der Waals surface area contributed by atoms with Crippen molar-refractivity contribution in [1.82, 2.24) is 15.3 Å². The Hall–Kier alpha value is -1.26. The van der Waals surface area contributed by atoms with Crippen LogP contribution < -0.4 is 5.32 Å². The van der Waals surface area contributed by atoms with E-state index in [9.17, 15) is 0 Å². The summed E-state index contributed by atoms with van der Waals surface area (Å²) in [7, 11) is 0. The van der Waals surface area contributed by atoms with Gasteiger partial charge in [-0.3, -0.25) is 9.97 Å². The Labute approximate surface area is 99.6 Å². The summed E-state index contributed by atoms with van der Waals surface area (Å²) in [4.78, 5) is 9.81. The molecule has 4 heteroatoms. The average Bonchev–Trinajstić information content (AvgIpc) is 2.74. The number of rotatable bonds is 4. The largest absolute Gasteiger partial charge is 0.305 e. The van der Waals surface area contributed by atoms with Gasteiger partial charge in [-0.25, -0.2) is 0 Å². The van der Waals surface area contributed by atoms with Crippen LogP contribution in [-0.2, 0) is 0 Å². The summed E-state index contributed by atoms with van der Waals surface area (Å²) in [6.45, 7) is 5.13. The average molecular weight is 233 g/mol. The second kappa shape index (κ2) is 5.18. The molecule has 1 unspecified atom stereocenters. The van der Waals surface area contributed by atoms with Crippen molar-refractivity contribution in [2.75, 3.05) is 6.54 Å². The summed E-state index contributed by atoms with van der Waals surface area (Å²) >= 11 is 1.77. The fraction of sp³-hybridized carbons (Fsp3) is 0.333. The number of aryl methyl sites for hydroxylation is 1. The maximum absolute atomic E-state index is 4.36. The van der Waals surface area contributed by atoms with Gasteiger partial charge in [0.2, 0.25) is 0 Å². The standard InChI is InChI=1S/C12H15N3S/c1-3-14-12(10-6-9(2)16-8-10)11-7-13-4-5-15-11/h4-8,12,14H,3H2,1-2H3. The Kier molecular flexibility index (Phi) is 3.64. The molecule has 84 valence electrons. The van der Waals surface area contributed by atoms with Crippen LogP contribution in [0.1, 0.15) is 29.1 Å². The molecule has 0 aromatic carbocycles. The Morgan fingerprint density at radius 2 is 2.31 bits per heavy atom. The van der Waals surface area contributed by atoms with Crippen LogP contribution in [0.5, 0.6) is 0 Å². The molecule has 1 atom stereocenters. The van der Waals surface area contributed by atoms with E-state index in [1.807, 2.05) is 6.20 Å². The van der Waals surface area contributed by atoms with Crippen LogP contribution in [0.3, 0.4) is 0 Å². The van der Waals surface area contributed by atoms with E-state index < -0.39 is 0 Å². The second-order valence-electron chi connectivity index (χ2n) is 3.61. The van der Waals surface area contributed by atoms with Gasteiger partial charge in [0.25, 0.3) is 0 Å². The van der Waals surface area contributed by atoms with Gasteiger partial charge in [0.05, 0.1) is 17.9 Å². The zero-order chi connectivity index (χ0) is 11.4. The van der Waals surface area contributed by atoms with Crippen molar-refractivity contribution in [3.8, 4) is 0 Å². The smallest absolute Gasteiger partial charge is 0.0801 e. The molecule has 16 heavy (non-hydrogen) atoms. The first-order chi connectivity index (χ1) is 7.81. The topological polar surface area (TPSA) is 37.8 Å². The molecule has 2 heterocycles. The first-order valence-electron chi connectivity index (χ1n) is 5.35. The van der Waals surface area contributed by atoms with Gasteiger partial charge in [-0.05, 0) is 30.5 Å². The third-order valence-corrected chi connectivity index (χ3v) is 3.25. The molecule has 0 bridgehead atoms. The molecule has 0 fully saturated rings. The summed E-state index contributed by atoms with van der Waals surface area (Å²) in [5.41, 5.74) is 2.24. The van der Waals surface area contributed by atoms with Gasteiger partial charge in [0, 0.05) is 17.3 Å². The monoisotopic (exact) mass is 233 g/mol. The van der Waals surface area contributed by atoms with E-state index >= 15 is 0 Å². The van der Waals surface area contributed by atoms with Gasteiger partial charge in [0.15, 0.2) is 0 Å². The van der Waals surface area contributed by atoms with Crippen molar-refractivity contribution in [3.05, 3.63) is 46.2 Å². The van der Waals surface area contributed by atoms with Gasteiger partial charge in [-0.1, -0.05) is 6.92 Å². The SMILES string of the molecule is CCNC(c1csc(C)c1)c1cnccn1. The van der Waals surface area contributed by atoms with Crippen LogP contribution in [0.4, 0.5) is 0 Å². The van der Waals surface area contributed by atoms with E-state index in [0.29, 0.717) is 0 Å². The van der Waals surface area contributed by atoms with Crippen LogP contribution in [0, 0.1) is 6.92 Å². The lowest BCUT2D eigenvalue weighted by atomic mass is 10.1. The first kappa shape index (κ1) is 11.2. The van der Waals surface area contributed by atoms with Crippen molar-refractivity contribution in [2.45, 2.75) is 19.9 Å². The third kappa shape index (κ3) is 2.46. The normalized spacial score (nSPS) is 12.6. The first-order valence-corrected chi connectivity index (χ1v) is 6.23. The molecule has 0 radical (unpaired) electrons. The maximum atomic E-state index is 4.36. The van der Waals surface area contributed by atoms with Crippen molar-refractivity contribution in [2.24, 2.45) is 0 Å². The van der Waals surface area contributed by atoms with E-state index in [2.05, 4.69) is 40.6 Å². The molecule has 0 aliphatic heterocycles. The molecule has 2 rings (SSSR count). The van der Waals surface area contributed by atoms with E-state index in [1.54, 1.807) is 23.7 Å². The number of nitrogens with one attached hydrogen (secondary N) is 1. The Balaban J connectivity index is 2.31. The predicted molar refractivity (Wildman–Crippen MR) is 66.6 cm³/mol. The fourth-order valence-corrected chi connectivity index (χ4v) is 2.40. The van der Waals surface area contributed by atoms with Crippen molar-refractivity contribution >= 4 is 11.3 Å². The highest BCUT2D eigenvalue weighted by Crippen LogP contribution is 2.24. The number of thiophene rings is 1. The Morgan fingerprint density at radius 1 is 1.44 bits per heavy atom. The fourth-order valence-electron chi connectivity index (χ4n) is 1.67. The highest BCUT2D eigenvalue weighted by atomic mass is 32.1. The molecule has 2 aromatic heterocycles. The zero-order valence-electron chi connectivity index (χ0n) is 9.47. The summed E-state index contributed by atoms with van der Waals surface area (Å²) in [5.74, 6) is 0. The molecule has 0 saturated carbocycles. The van der Waals surface area contributed by atoms with Gasteiger partial charge >= 0.3 is 0 Å². The summed E-state index contributed by atoms with van der Waals surface area (Å²) in [6.07, 6.45) is 5.25. The highest BCUT2D eigenvalue weighted by molar-refractivity contribution is 7.10. The molecule has 0 spiro atoms. The van der Waals surface area contributed by atoms with E-state index in [4.69, 9.17) is 0 Å². The quantitative estimate of drug-likeness (QED) is 0.882. The molecule has 0 aliphatic carbocycles. The van der Waals surface area contributed by atoms with Gasteiger partial charge in [-0.2, -0.15) is 0 Å². The van der Waals surface area contributed by atoms with Gasteiger partial charge < -0.3 is 5.32 Å². The van der Waals surface area contributed by atoms with Gasteiger partial charge in [0.1, 0.15) is 0 Å².